The first-order valence-corrected chi connectivity index (χ1v) is 8.60. The van der Waals surface area contributed by atoms with Gasteiger partial charge in [-0.25, -0.2) is 4.99 Å². The van der Waals surface area contributed by atoms with E-state index in [9.17, 15) is 9.59 Å². The maximum atomic E-state index is 13.1. The highest BCUT2D eigenvalue weighted by molar-refractivity contribution is 6.47. The zero-order valence-corrected chi connectivity index (χ0v) is 15.3. The van der Waals surface area contributed by atoms with Gasteiger partial charge in [0.25, 0.3) is 17.7 Å². The summed E-state index contributed by atoms with van der Waals surface area (Å²) in [6.45, 7) is 0. The van der Waals surface area contributed by atoms with Gasteiger partial charge < -0.3 is 9.64 Å². The van der Waals surface area contributed by atoms with E-state index in [0.29, 0.717) is 17.4 Å². The molecule has 1 fully saturated rings. The van der Waals surface area contributed by atoms with Gasteiger partial charge in [0.2, 0.25) is 0 Å². The Morgan fingerprint density at radius 2 is 1.48 bits per heavy atom. The molecule has 6 nitrogen and oxygen atoms in total. The van der Waals surface area contributed by atoms with E-state index in [2.05, 4.69) is 4.99 Å². The van der Waals surface area contributed by atoms with Crippen molar-refractivity contribution in [2.45, 2.75) is 5.66 Å². The maximum Gasteiger partial charge on any atom is 0.297 e. The first kappa shape index (κ1) is 17.0. The van der Waals surface area contributed by atoms with Crippen LogP contribution in [0.4, 0.5) is 0 Å². The summed E-state index contributed by atoms with van der Waals surface area (Å²) in [6, 6.07) is 19.1. The van der Waals surface area contributed by atoms with E-state index >= 15 is 0 Å². The van der Waals surface area contributed by atoms with Crippen LogP contribution >= 0.6 is 0 Å². The number of likely N-dealkylation sites (tertiary alicyclic amines) is 1. The number of carbonyl (C=O) groups excluding carboxylic acids is 2. The fourth-order valence-electron chi connectivity index (χ4n) is 3.93. The van der Waals surface area contributed by atoms with E-state index in [4.69, 9.17) is 4.74 Å². The molecule has 0 aromatic heterocycles. The van der Waals surface area contributed by atoms with Crippen LogP contribution < -0.4 is 0 Å². The molecular formula is C21H19N3O3. The van der Waals surface area contributed by atoms with E-state index < -0.39 is 17.4 Å². The van der Waals surface area contributed by atoms with Crippen molar-refractivity contribution < 1.29 is 14.3 Å². The standard InChI is InChI=1S/C21H19N3O3/c1-22-20-24(3)21(15-12-8-5-9-13-15)16(17(25)19(26)23(21)2)18(27-20)14-10-6-4-7-11-14/h4-13H,1-3H3. The van der Waals surface area contributed by atoms with Gasteiger partial charge in [0, 0.05) is 32.3 Å². The Bertz CT molecular complexity index is 982. The summed E-state index contributed by atoms with van der Waals surface area (Å²) in [6.07, 6.45) is 0. The molecule has 4 rings (SSSR count). The molecule has 1 amide bonds. The van der Waals surface area contributed by atoms with Gasteiger partial charge in [0.05, 0.1) is 5.57 Å². The van der Waals surface area contributed by atoms with Gasteiger partial charge in [-0.2, -0.15) is 0 Å². The van der Waals surface area contributed by atoms with Crippen LogP contribution in [-0.2, 0) is 20.0 Å². The topological polar surface area (TPSA) is 62.2 Å². The normalized spacial score (nSPS) is 23.7. The molecular weight excluding hydrogens is 342 g/mol. The van der Waals surface area contributed by atoms with Crippen molar-refractivity contribution in [3.8, 4) is 0 Å². The molecule has 1 saturated heterocycles. The van der Waals surface area contributed by atoms with Crippen LogP contribution in [0.2, 0.25) is 0 Å². The molecule has 0 aliphatic carbocycles. The number of fused-ring (bicyclic) bond motifs is 1. The summed E-state index contributed by atoms with van der Waals surface area (Å²) in [4.78, 5) is 33.3. The highest BCUT2D eigenvalue weighted by Gasteiger charge is 2.62. The number of ether oxygens (including phenoxy) is 1. The number of Topliss-reactive ketones (excluding diaryl/α,β-unsaturated/α-hetero) is 1. The van der Waals surface area contributed by atoms with Crippen LogP contribution in [0.25, 0.3) is 5.76 Å². The first-order chi connectivity index (χ1) is 13.0. The van der Waals surface area contributed by atoms with Gasteiger partial charge in [-0.15, -0.1) is 0 Å². The second kappa shape index (κ2) is 6.09. The van der Waals surface area contributed by atoms with Crippen LogP contribution in [0, 0.1) is 0 Å². The number of nitrogens with zero attached hydrogens (tertiary/aromatic N) is 3. The Hall–Kier alpha value is -3.41. The molecule has 2 aromatic carbocycles. The van der Waals surface area contributed by atoms with Crippen molar-refractivity contribution in [1.82, 2.24) is 9.80 Å². The Labute approximate surface area is 157 Å². The molecule has 0 N–H and O–H groups in total. The van der Waals surface area contributed by atoms with E-state index in [0.717, 1.165) is 11.1 Å². The third-order valence-corrected chi connectivity index (χ3v) is 5.16. The zero-order valence-electron chi connectivity index (χ0n) is 15.3. The SMILES string of the molecule is CN=C1OC(c2ccccc2)=C2C(=O)C(=O)N(C)C2(c2ccccc2)N1C. The molecule has 2 aromatic rings. The van der Waals surface area contributed by atoms with Crippen LogP contribution in [0.1, 0.15) is 11.1 Å². The van der Waals surface area contributed by atoms with Gasteiger partial charge in [0.1, 0.15) is 5.76 Å². The number of rotatable bonds is 2. The number of amides is 1. The number of aliphatic imine (C=N–C) groups is 1. The third-order valence-electron chi connectivity index (χ3n) is 5.16. The molecule has 2 aliphatic rings. The molecule has 0 saturated carbocycles. The van der Waals surface area contributed by atoms with E-state index in [-0.39, 0.29) is 0 Å². The van der Waals surface area contributed by atoms with Gasteiger partial charge in [-0.05, 0) is 0 Å². The Morgan fingerprint density at radius 3 is 2.07 bits per heavy atom. The molecule has 1 unspecified atom stereocenters. The minimum absolute atomic E-state index is 0.308. The largest absolute Gasteiger partial charge is 0.425 e. The Morgan fingerprint density at radius 1 is 0.889 bits per heavy atom. The third kappa shape index (κ3) is 2.16. The number of ketones is 1. The van der Waals surface area contributed by atoms with E-state index in [1.165, 1.54) is 4.90 Å². The summed E-state index contributed by atoms with van der Waals surface area (Å²) in [5.41, 5.74) is 0.705. The summed E-state index contributed by atoms with van der Waals surface area (Å²) in [7, 11) is 5.04. The average molecular weight is 361 g/mol. The number of amidine groups is 1. The second-order valence-electron chi connectivity index (χ2n) is 6.47. The van der Waals surface area contributed by atoms with Crippen molar-refractivity contribution in [1.29, 1.82) is 0 Å². The number of likely N-dealkylation sites (N-methyl/N-ethyl adjacent to an activating group) is 2. The summed E-state index contributed by atoms with van der Waals surface area (Å²) in [5.74, 6) is -0.779. The first-order valence-electron chi connectivity index (χ1n) is 8.60. The molecule has 27 heavy (non-hydrogen) atoms. The maximum absolute atomic E-state index is 13.1. The van der Waals surface area contributed by atoms with Gasteiger partial charge in [0.15, 0.2) is 5.66 Å². The Kier molecular flexibility index (Phi) is 3.84. The predicted molar refractivity (Wildman–Crippen MR) is 101 cm³/mol. The number of hydrogen-bond donors (Lipinski definition) is 0. The fraction of sp³-hybridized carbons (Fsp3) is 0.190. The minimum Gasteiger partial charge on any atom is -0.425 e. The predicted octanol–water partition coefficient (Wildman–Crippen LogP) is 2.24. The fourth-order valence-corrected chi connectivity index (χ4v) is 3.93. The molecule has 2 heterocycles. The monoisotopic (exact) mass is 361 g/mol. The van der Waals surface area contributed by atoms with Gasteiger partial charge in [-0.3, -0.25) is 14.5 Å². The Balaban J connectivity index is 2.13. The van der Waals surface area contributed by atoms with Crippen LogP contribution in [0.15, 0.2) is 71.2 Å². The van der Waals surface area contributed by atoms with Crippen LogP contribution in [-0.4, -0.2) is 48.7 Å². The highest BCUT2D eigenvalue weighted by Crippen LogP contribution is 2.49. The number of hydrogen-bond acceptors (Lipinski definition) is 4. The number of benzene rings is 2. The average Bonchev–Trinajstić information content (AvgIpc) is 2.92. The molecule has 0 spiro atoms. The quantitative estimate of drug-likeness (QED) is 0.770. The van der Waals surface area contributed by atoms with Crippen LogP contribution in [0.3, 0.4) is 0 Å². The summed E-state index contributed by atoms with van der Waals surface area (Å²) < 4.78 is 6.02. The van der Waals surface area contributed by atoms with Gasteiger partial charge >= 0.3 is 0 Å². The lowest BCUT2D eigenvalue weighted by atomic mass is 9.86. The highest BCUT2D eigenvalue weighted by atomic mass is 16.5. The minimum atomic E-state index is -1.12. The lowest BCUT2D eigenvalue weighted by Crippen LogP contribution is -2.58. The van der Waals surface area contributed by atoms with Crippen molar-refractivity contribution in [3.05, 3.63) is 77.4 Å². The van der Waals surface area contributed by atoms with E-state index in [1.54, 1.807) is 26.0 Å². The number of carbonyl (C=O) groups is 2. The lowest BCUT2D eigenvalue weighted by Gasteiger charge is -2.47. The van der Waals surface area contributed by atoms with Crippen molar-refractivity contribution in [2.75, 3.05) is 21.1 Å². The molecule has 6 heteroatoms. The summed E-state index contributed by atoms with van der Waals surface area (Å²) in [5, 5.41) is 0. The van der Waals surface area contributed by atoms with Gasteiger partial charge in [-0.1, -0.05) is 60.7 Å². The zero-order chi connectivity index (χ0) is 19.2. The molecule has 1 atom stereocenters. The van der Waals surface area contributed by atoms with Crippen molar-refractivity contribution in [3.63, 3.8) is 0 Å². The summed E-state index contributed by atoms with van der Waals surface area (Å²) >= 11 is 0. The van der Waals surface area contributed by atoms with Crippen molar-refractivity contribution in [2.24, 2.45) is 4.99 Å². The molecule has 2 aliphatic heterocycles. The second-order valence-corrected chi connectivity index (χ2v) is 6.47. The van der Waals surface area contributed by atoms with Crippen molar-refractivity contribution >= 4 is 23.5 Å². The molecule has 136 valence electrons. The molecule has 0 bridgehead atoms. The molecule has 0 radical (unpaired) electrons. The lowest BCUT2D eigenvalue weighted by molar-refractivity contribution is -0.141. The smallest absolute Gasteiger partial charge is 0.297 e. The van der Waals surface area contributed by atoms with E-state index in [1.807, 2.05) is 60.7 Å². The van der Waals surface area contributed by atoms with Crippen LogP contribution in [0.5, 0.6) is 0 Å².